The molecule has 0 spiro atoms. The summed E-state index contributed by atoms with van der Waals surface area (Å²) in [6, 6.07) is 0. The molecule has 0 saturated heterocycles. The van der Waals surface area contributed by atoms with Crippen molar-refractivity contribution in [2.75, 3.05) is 13.1 Å². The maximum absolute atomic E-state index is 12.6. The molecule has 0 saturated carbocycles. The van der Waals surface area contributed by atoms with Crippen molar-refractivity contribution in [3.63, 3.8) is 0 Å². The molecular formula is C12H29NOSiSn. The van der Waals surface area contributed by atoms with Crippen LogP contribution < -0.4 is 0 Å². The fourth-order valence-electron chi connectivity index (χ4n) is 2.76. The van der Waals surface area contributed by atoms with E-state index in [1.54, 1.807) is 0 Å². The summed E-state index contributed by atoms with van der Waals surface area (Å²) in [5.41, 5.74) is 0. The molecule has 96 valence electrons. The number of carbonyl (C=O) groups excluding carboxylic acids is 1. The van der Waals surface area contributed by atoms with E-state index in [1.807, 2.05) is 4.90 Å². The first-order valence-electron chi connectivity index (χ1n) is 6.34. The van der Waals surface area contributed by atoms with E-state index in [9.17, 15) is 4.79 Å². The normalized spacial score (nSPS) is 14.8. The van der Waals surface area contributed by atoms with Crippen molar-refractivity contribution in [1.29, 1.82) is 0 Å². The topological polar surface area (TPSA) is 20.3 Å². The molecule has 0 aliphatic carbocycles. The van der Waals surface area contributed by atoms with Crippen molar-refractivity contribution in [2.24, 2.45) is 0 Å². The molecule has 0 fully saturated rings. The van der Waals surface area contributed by atoms with Crippen LogP contribution in [0.5, 0.6) is 0 Å². The van der Waals surface area contributed by atoms with Crippen LogP contribution in [-0.2, 0) is 4.79 Å². The van der Waals surface area contributed by atoms with Crippen LogP contribution in [0.1, 0.15) is 13.8 Å². The minimum absolute atomic E-state index is 0.418. The van der Waals surface area contributed by atoms with E-state index in [-0.39, 0.29) is 0 Å². The third-order valence-electron chi connectivity index (χ3n) is 3.05. The first kappa shape index (κ1) is 16.5. The molecule has 0 N–H and O–H groups in total. The Hall–Kier alpha value is 0.486. The van der Waals surface area contributed by atoms with Gasteiger partial charge in [-0.25, -0.2) is 0 Å². The van der Waals surface area contributed by atoms with Crippen LogP contribution in [0.2, 0.25) is 38.0 Å². The number of hydrogen-bond donors (Lipinski definition) is 0. The van der Waals surface area contributed by atoms with Gasteiger partial charge in [0, 0.05) is 0 Å². The maximum atomic E-state index is 12.6. The summed E-state index contributed by atoms with van der Waals surface area (Å²) in [6.07, 6.45) is 0. The minimum atomic E-state index is -2.17. The second-order valence-corrected chi connectivity index (χ2v) is 28.8. The third kappa shape index (κ3) is 4.39. The molecule has 1 amide bonds. The van der Waals surface area contributed by atoms with Gasteiger partial charge in [-0.15, -0.1) is 0 Å². The second kappa shape index (κ2) is 5.89. The molecule has 0 aromatic heterocycles. The van der Waals surface area contributed by atoms with Crippen LogP contribution in [0.25, 0.3) is 0 Å². The van der Waals surface area contributed by atoms with Gasteiger partial charge in [0.1, 0.15) is 0 Å². The van der Waals surface area contributed by atoms with Crippen LogP contribution in [0, 0.1) is 0 Å². The zero-order chi connectivity index (χ0) is 13.1. The van der Waals surface area contributed by atoms with Gasteiger partial charge in [-0.05, 0) is 0 Å². The molecule has 0 rings (SSSR count). The van der Waals surface area contributed by atoms with Gasteiger partial charge in [0.05, 0.1) is 0 Å². The van der Waals surface area contributed by atoms with E-state index in [2.05, 4.69) is 48.3 Å². The molecule has 0 radical (unpaired) electrons. The summed E-state index contributed by atoms with van der Waals surface area (Å²) in [7, 11) is -1.38. The Kier molecular flexibility index (Phi) is 6.07. The molecule has 16 heavy (non-hydrogen) atoms. The zero-order valence-electron chi connectivity index (χ0n) is 12.3. The fraction of sp³-hybridized carbons (Fsp3) is 0.917. The standard InChI is InChI=1S/C9H20NOSi.3CH3.Sn/c1-6-10(7-2)9(11)8-12(3,4)5;;;;/h8H,6-7H2,1-5H3;3*1H3;. The van der Waals surface area contributed by atoms with Crippen molar-refractivity contribution in [3.8, 4) is 0 Å². The van der Waals surface area contributed by atoms with Crippen molar-refractivity contribution < 1.29 is 4.79 Å². The zero-order valence-corrected chi connectivity index (χ0v) is 16.2. The predicted molar refractivity (Wildman–Crippen MR) is 78.4 cm³/mol. The number of carbonyl (C=O) groups is 1. The van der Waals surface area contributed by atoms with E-state index in [0.717, 1.165) is 13.1 Å². The predicted octanol–water partition coefficient (Wildman–Crippen LogP) is 3.44. The molecule has 4 heteroatoms. The molecule has 0 aliphatic heterocycles. The summed E-state index contributed by atoms with van der Waals surface area (Å²) >= 11 is -2.17. The van der Waals surface area contributed by atoms with E-state index >= 15 is 0 Å². The second-order valence-electron chi connectivity index (χ2n) is 6.68. The molecule has 2 nitrogen and oxygen atoms in total. The summed E-state index contributed by atoms with van der Waals surface area (Å²) in [6.45, 7) is 12.9. The quantitative estimate of drug-likeness (QED) is 0.696. The molecule has 1 unspecified atom stereocenters. The van der Waals surface area contributed by atoms with Crippen molar-refractivity contribution in [2.45, 2.75) is 51.9 Å². The Balaban J connectivity index is 5.15. The molecule has 0 aromatic rings. The van der Waals surface area contributed by atoms with Gasteiger partial charge >= 0.3 is 107 Å². The van der Waals surface area contributed by atoms with Crippen molar-refractivity contribution >= 4 is 32.4 Å². The molecule has 0 heterocycles. The SMILES string of the molecule is CCN(CC)C(=O)[CH]([Si](C)(C)C)[Sn]([CH3])([CH3])[CH3]. The Morgan fingerprint density at radius 3 is 1.69 bits per heavy atom. The van der Waals surface area contributed by atoms with Crippen LogP contribution in [0.15, 0.2) is 0 Å². The van der Waals surface area contributed by atoms with Gasteiger partial charge in [0.15, 0.2) is 0 Å². The average molecular weight is 350 g/mol. The van der Waals surface area contributed by atoms with E-state index in [1.165, 1.54) is 0 Å². The monoisotopic (exact) mass is 351 g/mol. The number of rotatable bonds is 5. The van der Waals surface area contributed by atoms with Crippen LogP contribution in [0.3, 0.4) is 0 Å². The third-order valence-corrected chi connectivity index (χ3v) is 23.9. The average Bonchev–Trinajstić information content (AvgIpc) is 2.00. The van der Waals surface area contributed by atoms with E-state index in [0.29, 0.717) is 9.46 Å². The number of amides is 1. The molecule has 1 atom stereocenters. The number of hydrogen-bond acceptors (Lipinski definition) is 1. The Labute approximate surface area is 107 Å². The van der Waals surface area contributed by atoms with Gasteiger partial charge in [0.2, 0.25) is 0 Å². The first-order valence-corrected chi connectivity index (χ1v) is 20.1. The number of nitrogens with zero attached hydrogens (tertiary/aromatic N) is 1. The summed E-state index contributed by atoms with van der Waals surface area (Å²) < 4.78 is 0.418. The Bertz CT molecular complexity index is 224. The van der Waals surface area contributed by atoms with E-state index in [4.69, 9.17) is 0 Å². The van der Waals surface area contributed by atoms with Crippen LogP contribution >= 0.6 is 0 Å². The summed E-state index contributed by atoms with van der Waals surface area (Å²) in [4.78, 5) is 21.9. The van der Waals surface area contributed by atoms with Crippen LogP contribution in [-0.4, -0.2) is 50.3 Å². The molecule has 0 aliphatic rings. The summed E-state index contributed by atoms with van der Waals surface area (Å²) in [5, 5.41) is 0. The van der Waals surface area contributed by atoms with Gasteiger partial charge in [-0.2, -0.15) is 0 Å². The van der Waals surface area contributed by atoms with Gasteiger partial charge in [-0.3, -0.25) is 0 Å². The van der Waals surface area contributed by atoms with E-state index < -0.39 is 26.5 Å². The van der Waals surface area contributed by atoms with Gasteiger partial charge < -0.3 is 0 Å². The molecular weight excluding hydrogens is 321 g/mol. The molecule has 0 bridgehead atoms. The van der Waals surface area contributed by atoms with Gasteiger partial charge in [-0.1, -0.05) is 0 Å². The van der Waals surface area contributed by atoms with Crippen molar-refractivity contribution in [3.05, 3.63) is 0 Å². The van der Waals surface area contributed by atoms with Gasteiger partial charge in [0.25, 0.3) is 0 Å². The summed E-state index contributed by atoms with van der Waals surface area (Å²) in [5.74, 6) is 0.451. The van der Waals surface area contributed by atoms with Crippen molar-refractivity contribution in [1.82, 2.24) is 4.90 Å². The molecule has 0 aromatic carbocycles. The fourth-order valence-corrected chi connectivity index (χ4v) is 31.2. The Morgan fingerprint density at radius 2 is 1.50 bits per heavy atom. The first-order chi connectivity index (χ1) is 7.05. The Morgan fingerprint density at radius 1 is 1.12 bits per heavy atom. The van der Waals surface area contributed by atoms with Crippen LogP contribution in [0.4, 0.5) is 0 Å².